The van der Waals surface area contributed by atoms with Gasteiger partial charge in [0.1, 0.15) is 5.75 Å². The monoisotopic (exact) mass is 385 g/mol. The van der Waals surface area contributed by atoms with Gasteiger partial charge < -0.3 is 10.1 Å². The number of hydrogen-bond acceptors (Lipinski definition) is 5. The van der Waals surface area contributed by atoms with E-state index in [0.717, 1.165) is 5.39 Å². The number of hydrogen-bond donors (Lipinski definition) is 2. The van der Waals surface area contributed by atoms with Gasteiger partial charge in [-0.1, -0.05) is 18.2 Å². The number of benzene rings is 2. The molecule has 2 N–H and O–H groups in total. The number of fused-ring (bicyclic) bond motifs is 1. The second kappa shape index (κ2) is 7.73. The molecule has 0 saturated heterocycles. The van der Waals surface area contributed by atoms with E-state index in [1.54, 1.807) is 43.5 Å². The van der Waals surface area contributed by atoms with Crippen LogP contribution in [0.4, 0.5) is 5.69 Å². The van der Waals surface area contributed by atoms with Gasteiger partial charge in [0.2, 0.25) is 15.9 Å². The molecule has 0 unspecified atom stereocenters. The van der Waals surface area contributed by atoms with Gasteiger partial charge in [-0.3, -0.25) is 9.78 Å². The van der Waals surface area contributed by atoms with Crippen LogP contribution in [-0.4, -0.2) is 33.0 Å². The maximum Gasteiger partial charge on any atom is 0.241 e. The van der Waals surface area contributed by atoms with Crippen LogP contribution in [0.25, 0.3) is 10.9 Å². The Kier molecular flexibility index (Phi) is 5.38. The number of carbonyl (C=O) groups is 1. The third-order valence-electron chi connectivity index (χ3n) is 4.00. The average Bonchev–Trinajstić information content (AvgIpc) is 2.66. The van der Waals surface area contributed by atoms with Crippen LogP contribution < -0.4 is 14.8 Å². The Morgan fingerprint density at radius 3 is 2.67 bits per heavy atom. The van der Waals surface area contributed by atoms with E-state index in [9.17, 15) is 13.2 Å². The Bertz CT molecular complexity index is 1090. The average molecular weight is 385 g/mol. The number of ether oxygens (including phenoxy) is 1. The second-order valence-corrected chi connectivity index (χ2v) is 7.62. The zero-order chi connectivity index (χ0) is 19.4. The van der Waals surface area contributed by atoms with Crippen LogP contribution in [0.2, 0.25) is 0 Å². The summed E-state index contributed by atoms with van der Waals surface area (Å²) in [6, 6.07) is 13.7. The third-order valence-corrected chi connectivity index (χ3v) is 5.56. The predicted molar refractivity (Wildman–Crippen MR) is 103 cm³/mol. The van der Waals surface area contributed by atoms with Crippen molar-refractivity contribution < 1.29 is 17.9 Å². The maximum atomic E-state index is 12.5. The summed E-state index contributed by atoms with van der Waals surface area (Å²) >= 11 is 0. The van der Waals surface area contributed by atoms with Gasteiger partial charge in [-0.05, 0) is 42.8 Å². The lowest BCUT2D eigenvalue weighted by Crippen LogP contribution is -2.33. The Balaban J connectivity index is 1.71. The molecule has 1 aromatic heterocycles. The molecule has 0 aliphatic rings. The summed E-state index contributed by atoms with van der Waals surface area (Å²) < 4.78 is 32.4. The van der Waals surface area contributed by atoms with Gasteiger partial charge in [-0.15, -0.1) is 0 Å². The summed E-state index contributed by atoms with van der Waals surface area (Å²) in [7, 11) is -2.32. The van der Waals surface area contributed by atoms with Crippen LogP contribution in [0.5, 0.6) is 5.75 Å². The molecule has 8 heteroatoms. The fraction of sp³-hybridized carbons (Fsp3) is 0.158. The lowest BCUT2D eigenvalue weighted by atomic mass is 10.2. The molecule has 0 spiro atoms. The first-order chi connectivity index (χ1) is 12.9. The van der Waals surface area contributed by atoms with Crippen LogP contribution in [-0.2, 0) is 14.8 Å². The number of para-hydroxylation sites is 1. The van der Waals surface area contributed by atoms with Crippen LogP contribution in [0.1, 0.15) is 5.56 Å². The Morgan fingerprint density at radius 2 is 1.93 bits per heavy atom. The largest absolute Gasteiger partial charge is 0.497 e. The second-order valence-electron chi connectivity index (χ2n) is 5.88. The highest BCUT2D eigenvalue weighted by Crippen LogP contribution is 2.22. The first-order valence-corrected chi connectivity index (χ1v) is 9.67. The van der Waals surface area contributed by atoms with Crippen molar-refractivity contribution in [1.82, 2.24) is 9.71 Å². The topological polar surface area (TPSA) is 97.4 Å². The molecule has 0 radical (unpaired) electrons. The van der Waals surface area contributed by atoms with Crippen molar-refractivity contribution >= 4 is 32.5 Å². The quantitative estimate of drug-likeness (QED) is 0.679. The van der Waals surface area contributed by atoms with Crippen molar-refractivity contribution in [1.29, 1.82) is 0 Å². The number of pyridine rings is 1. The normalized spacial score (nSPS) is 11.3. The van der Waals surface area contributed by atoms with E-state index < -0.39 is 22.5 Å². The number of nitrogens with zero attached hydrogens (tertiary/aromatic N) is 1. The van der Waals surface area contributed by atoms with Gasteiger partial charge in [-0.2, -0.15) is 0 Å². The van der Waals surface area contributed by atoms with E-state index in [4.69, 9.17) is 4.74 Å². The molecule has 1 amide bonds. The van der Waals surface area contributed by atoms with E-state index in [1.165, 1.54) is 13.2 Å². The molecule has 0 aliphatic carbocycles. The standard InChI is InChI=1S/C19H19N3O4S/c1-13-11-15(26-2)8-9-17(13)27(24,25)21-12-18(23)22-16-7-3-5-14-6-4-10-20-19(14)16/h3-11,21H,12H2,1-2H3,(H,22,23). The predicted octanol–water partition coefficient (Wildman–Crippen LogP) is 2.47. The highest BCUT2D eigenvalue weighted by molar-refractivity contribution is 7.89. The highest BCUT2D eigenvalue weighted by atomic mass is 32.2. The zero-order valence-corrected chi connectivity index (χ0v) is 15.7. The van der Waals surface area contributed by atoms with Gasteiger partial charge in [0.15, 0.2) is 0 Å². The first kappa shape index (κ1) is 18.8. The molecule has 3 aromatic rings. The minimum absolute atomic E-state index is 0.0999. The molecule has 0 atom stereocenters. The van der Waals surface area contributed by atoms with E-state index in [-0.39, 0.29) is 4.90 Å². The number of rotatable bonds is 6. The molecule has 0 fully saturated rings. The Morgan fingerprint density at radius 1 is 1.15 bits per heavy atom. The summed E-state index contributed by atoms with van der Waals surface area (Å²) in [4.78, 5) is 16.6. The number of aryl methyl sites for hydroxylation is 1. The summed E-state index contributed by atoms with van der Waals surface area (Å²) in [6.07, 6.45) is 1.63. The number of amides is 1. The SMILES string of the molecule is COc1ccc(S(=O)(=O)NCC(=O)Nc2cccc3cccnc23)c(C)c1. The molecule has 0 bridgehead atoms. The molecule has 0 saturated carbocycles. The summed E-state index contributed by atoms with van der Waals surface area (Å²) in [6.45, 7) is 1.27. The van der Waals surface area contributed by atoms with Crippen molar-refractivity contribution in [3.05, 3.63) is 60.3 Å². The number of anilines is 1. The summed E-state index contributed by atoms with van der Waals surface area (Å²) in [5.41, 5.74) is 1.70. The molecule has 3 rings (SSSR count). The smallest absolute Gasteiger partial charge is 0.241 e. The van der Waals surface area contributed by atoms with E-state index in [1.807, 2.05) is 12.1 Å². The number of nitrogens with one attached hydrogen (secondary N) is 2. The third kappa shape index (κ3) is 4.24. The van der Waals surface area contributed by atoms with E-state index in [0.29, 0.717) is 22.5 Å². The molecule has 0 aliphatic heterocycles. The van der Waals surface area contributed by atoms with Crippen molar-refractivity contribution in [3.8, 4) is 5.75 Å². The lowest BCUT2D eigenvalue weighted by molar-refractivity contribution is -0.115. The van der Waals surface area contributed by atoms with E-state index in [2.05, 4.69) is 15.0 Å². The van der Waals surface area contributed by atoms with Crippen molar-refractivity contribution in [2.24, 2.45) is 0 Å². The Hall–Kier alpha value is -2.97. The van der Waals surface area contributed by atoms with Crippen LogP contribution in [0, 0.1) is 6.92 Å². The van der Waals surface area contributed by atoms with Gasteiger partial charge in [0.25, 0.3) is 0 Å². The molecule has 140 valence electrons. The van der Waals surface area contributed by atoms with Crippen molar-refractivity contribution in [2.75, 3.05) is 19.0 Å². The molecular weight excluding hydrogens is 366 g/mol. The minimum Gasteiger partial charge on any atom is -0.497 e. The van der Waals surface area contributed by atoms with Gasteiger partial charge in [0.05, 0.1) is 29.8 Å². The van der Waals surface area contributed by atoms with Crippen molar-refractivity contribution in [3.63, 3.8) is 0 Å². The summed E-state index contributed by atoms with van der Waals surface area (Å²) in [5, 5.41) is 3.57. The fourth-order valence-electron chi connectivity index (χ4n) is 2.69. The number of carbonyl (C=O) groups excluding carboxylic acids is 1. The molecule has 2 aromatic carbocycles. The summed E-state index contributed by atoms with van der Waals surface area (Å²) in [5.74, 6) is 0.0792. The van der Waals surface area contributed by atoms with Gasteiger partial charge >= 0.3 is 0 Å². The zero-order valence-electron chi connectivity index (χ0n) is 14.9. The van der Waals surface area contributed by atoms with Crippen LogP contribution in [0.15, 0.2) is 59.6 Å². The van der Waals surface area contributed by atoms with Gasteiger partial charge in [0, 0.05) is 11.6 Å². The number of methoxy groups -OCH3 is 1. The number of sulfonamides is 1. The molecule has 1 heterocycles. The van der Waals surface area contributed by atoms with Crippen molar-refractivity contribution in [2.45, 2.75) is 11.8 Å². The van der Waals surface area contributed by atoms with Crippen LogP contribution >= 0.6 is 0 Å². The maximum absolute atomic E-state index is 12.5. The number of aromatic nitrogens is 1. The first-order valence-electron chi connectivity index (χ1n) is 8.18. The van der Waals surface area contributed by atoms with Crippen LogP contribution in [0.3, 0.4) is 0 Å². The fourth-order valence-corrected chi connectivity index (χ4v) is 3.89. The molecule has 27 heavy (non-hydrogen) atoms. The minimum atomic E-state index is -3.83. The molecular formula is C19H19N3O4S. The highest BCUT2D eigenvalue weighted by Gasteiger charge is 2.18. The Labute approximate surface area is 157 Å². The lowest BCUT2D eigenvalue weighted by Gasteiger charge is -2.11. The molecule has 7 nitrogen and oxygen atoms in total. The van der Waals surface area contributed by atoms with E-state index >= 15 is 0 Å². The van der Waals surface area contributed by atoms with Gasteiger partial charge in [-0.25, -0.2) is 13.1 Å².